The number of nitrogens with zero attached hydrogens (tertiary/aromatic N) is 2. The normalized spacial score (nSPS) is 10.6. The quantitative estimate of drug-likeness (QED) is 0.397. The molecule has 0 aliphatic heterocycles. The van der Waals surface area contributed by atoms with Gasteiger partial charge in [-0.1, -0.05) is 12.1 Å². The van der Waals surface area contributed by atoms with Gasteiger partial charge in [-0.3, -0.25) is 4.79 Å². The van der Waals surface area contributed by atoms with Gasteiger partial charge in [0.15, 0.2) is 0 Å². The minimum atomic E-state index is -1.03. The van der Waals surface area contributed by atoms with Crippen LogP contribution in [-0.4, -0.2) is 27.0 Å². The fourth-order valence-corrected chi connectivity index (χ4v) is 3.64. The standard InChI is InChI=1S/C24H18FN3O4S/c1-14-28-21(13-33-14)16-6-8-19(9-7-16)32-23-20(10-18(25)12-27-23)22(29)26-11-15-2-4-17(5-3-15)24(30)31/h2-10,12-13H,11H2,1H3,(H,26,29)(H,30,31). The number of carboxylic acids is 1. The van der Waals surface area contributed by atoms with Crippen LogP contribution in [0.2, 0.25) is 0 Å². The maximum atomic E-state index is 13.8. The molecule has 0 radical (unpaired) electrons. The van der Waals surface area contributed by atoms with Crippen LogP contribution in [0.4, 0.5) is 4.39 Å². The van der Waals surface area contributed by atoms with Gasteiger partial charge >= 0.3 is 5.97 Å². The van der Waals surface area contributed by atoms with Gasteiger partial charge in [0.25, 0.3) is 5.91 Å². The maximum absolute atomic E-state index is 13.8. The van der Waals surface area contributed by atoms with E-state index in [2.05, 4.69) is 15.3 Å². The summed E-state index contributed by atoms with van der Waals surface area (Å²) >= 11 is 1.56. The Bertz CT molecular complexity index is 1300. The first-order valence-corrected chi connectivity index (χ1v) is 10.7. The minimum Gasteiger partial charge on any atom is -0.478 e. The summed E-state index contributed by atoms with van der Waals surface area (Å²) in [4.78, 5) is 32.0. The third-order valence-electron chi connectivity index (χ3n) is 4.70. The Hall–Kier alpha value is -4.11. The average molecular weight is 463 g/mol. The molecule has 2 aromatic carbocycles. The predicted octanol–water partition coefficient (Wildman–Crippen LogP) is 5.07. The van der Waals surface area contributed by atoms with Gasteiger partial charge in [-0.05, 0) is 55.0 Å². The zero-order chi connectivity index (χ0) is 23.4. The summed E-state index contributed by atoms with van der Waals surface area (Å²) in [5, 5.41) is 14.6. The molecule has 0 saturated heterocycles. The summed E-state index contributed by atoms with van der Waals surface area (Å²) < 4.78 is 19.6. The molecule has 4 aromatic rings. The summed E-state index contributed by atoms with van der Waals surface area (Å²) in [6, 6.07) is 14.3. The number of aromatic nitrogens is 2. The van der Waals surface area contributed by atoms with E-state index in [9.17, 15) is 14.0 Å². The number of nitrogens with one attached hydrogen (secondary N) is 1. The number of carbonyl (C=O) groups excluding carboxylic acids is 1. The van der Waals surface area contributed by atoms with Crippen molar-refractivity contribution in [2.75, 3.05) is 0 Å². The number of rotatable bonds is 7. The molecular formula is C24H18FN3O4S. The van der Waals surface area contributed by atoms with Crippen LogP contribution in [0.5, 0.6) is 11.6 Å². The van der Waals surface area contributed by atoms with Gasteiger partial charge < -0.3 is 15.2 Å². The molecule has 0 saturated carbocycles. The van der Waals surface area contributed by atoms with Gasteiger partial charge in [-0.25, -0.2) is 19.2 Å². The number of aryl methyl sites for hydroxylation is 1. The van der Waals surface area contributed by atoms with Crippen molar-refractivity contribution >= 4 is 23.2 Å². The minimum absolute atomic E-state index is 0.0348. The van der Waals surface area contributed by atoms with Gasteiger partial charge in [0.2, 0.25) is 5.88 Å². The van der Waals surface area contributed by atoms with Crippen molar-refractivity contribution < 1.29 is 23.8 Å². The highest BCUT2D eigenvalue weighted by molar-refractivity contribution is 7.09. The molecule has 4 rings (SSSR count). The summed E-state index contributed by atoms with van der Waals surface area (Å²) in [6.45, 7) is 2.06. The molecule has 0 fully saturated rings. The SMILES string of the molecule is Cc1nc(-c2ccc(Oc3ncc(F)cc3C(=O)NCc3ccc(C(=O)O)cc3)cc2)cs1. The van der Waals surface area contributed by atoms with E-state index in [-0.39, 0.29) is 23.6 Å². The lowest BCUT2D eigenvalue weighted by Gasteiger charge is -2.11. The molecule has 0 spiro atoms. The molecule has 0 bridgehead atoms. The average Bonchev–Trinajstić information content (AvgIpc) is 3.25. The molecule has 0 atom stereocenters. The van der Waals surface area contributed by atoms with Crippen molar-refractivity contribution in [2.45, 2.75) is 13.5 Å². The van der Waals surface area contributed by atoms with E-state index in [1.54, 1.807) is 35.6 Å². The first-order valence-electron chi connectivity index (χ1n) is 9.85. The van der Waals surface area contributed by atoms with Crippen LogP contribution in [0, 0.1) is 12.7 Å². The second kappa shape index (κ2) is 9.58. The van der Waals surface area contributed by atoms with Crippen LogP contribution in [0.1, 0.15) is 31.3 Å². The van der Waals surface area contributed by atoms with E-state index in [4.69, 9.17) is 9.84 Å². The maximum Gasteiger partial charge on any atom is 0.335 e. The fraction of sp³-hybridized carbons (Fsp3) is 0.0833. The Morgan fingerprint density at radius 2 is 1.85 bits per heavy atom. The third kappa shape index (κ3) is 5.39. The summed E-state index contributed by atoms with van der Waals surface area (Å²) in [6.07, 6.45) is 0.975. The largest absolute Gasteiger partial charge is 0.478 e. The van der Waals surface area contributed by atoms with Crippen LogP contribution < -0.4 is 10.1 Å². The highest BCUT2D eigenvalue weighted by Gasteiger charge is 2.17. The zero-order valence-corrected chi connectivity index (χ0v) is 18.2. The van der Waals surface area contributed by atoms with E-state index in [0.29, 0.717) is 11.3 Å². The van der Waals surface area contributed by atoms with Crippen molar-refractivity contribution in [3.05, 3.63) is 93.7 Å². The number of halogens is 1. The Kier molecular flexibility index (Phi) is 6.41. The number of amides is 1. The van der Waals surface area contributed by atoms with E-state index in [0.717, 1.165) is 28.5 Å². The van der Waals surface area contributed by atoms with Crippen molar-refractivity contribution in [1.29, 1.82) is 0 Å². The predicted molar refractivity (Wildman–Crippen MR) is 121 cm³/mol. The van der Waals surface area contributed by atoms with Gasteiger partial charge in [0, 0.05) is 17.5 Å². The summed E-state index contributed by atoms with van der Waals surface area (Å²) in [7, 11) is 0. The Balaban J connectivity index is 1.47. The first-order chi connectivity index (χ1) is 15.9. The zero-order valence-electron chi connectivity index (χ0n) is 17.4. The lowest BCUT2D eigenvalue weighted by molar-refractivity contribution is 0.0696. The molecule has 7 nitrogen and oxygen atoms in total. The fourth-order valence-electron chi connectivity index (χ4n) is 3.01. The van der Waals surface area contributed by atoms with Gasteiger partial charge in [-0.15, -0.1) is 11.3 Å². The second-order valence-electron chi connectivity index (χ2n) is 7.07. The molecular weight excluding hydrogens is 445 g/mol. The second-order valence-corrected chi connectivity index (χ2v) is 8.13. The van der Waals surface area contributed by atoms with Crippen LogP contribution in [0.25, 0.3) is 11.3 Å². The van der Waals surface area contributed by atoms with E-state index in [1.807, 2.05) is 24.4 Å². The number of carbonyl (C=O) groups is 2. The molecule has 0 unspecified atom stereocenters. The van der Waals surface area contributed by atoms with Crippen LogP contribution in [0.15, 0.2) is 66.2 Å². The number of hydrogen-bond acceptors (Lipinski definition) is 6. The smallest absolute Gasteiger partial charge is 0.335 e. The number of thiazole rings is 1. The summed E-state index contributed by atoms with van der Waals surface area (Å²) in [5.74, 6) is -1.88. The molecule has 2 aromatic heterocycles. The van der Waals surface area contributed by atoms with Crippen LogP contribution in [-0.2, 0) is 6.54 Å². The van der Waals surface area contributed by atoms with Crippen molar-refractivity contribution in [3.8, 4) is 22.9 Å². The van der Waals surface area contributed by atoms with Gasteiger partial charge in [0.1, 0.15) is 17.1 Å². The Morgan fingerprint density at radius 3 is 2.48 bits per heavy atom. The lowest BCUT2D eigenvalue weighted by atomic mass is 10.1. The molecule has 0 aliphatic carbocycles. The topological polar surface area (TPSA) is 101 Å². The molecule has 1 amide bonds. The number of aromatic carboxylic acids is 1. The van der Waals surface area contributed by atoms with Crippen LogP contribution in [0.3, 0.4) is 0 Å². The van der Waals surface area contributed by atoms with Crippen molar-refractivity contribution in [3.63, 3.8) is 0 Å². The number of benzene rings is 2. The highest BCUT2D eigenvalue weighted by atomic mass is 32.1. The van der Waals surface area contributed by atoms with Crippen molar-refractivity contribution in [2.24, 2.45) is 0 Å². The van der Waals surface area contributed by atoms with E-state index in [1.165, 1.54) is 12.1 Å². The van der Waals surface area contributed by atoms with Gasteiger partial charge in [0.05, 0.1) is 22.5 Å². The number of pyridine rings is 1. The molecule has 9 heteroatoms. The highest BCUT2D eigenvalue weighted by Crippen LogP contribution is 2.27. The number of ether oxygens (including phenoxy) is 1. The first kappa shape index (κ1) is 22.1. The summed E-state index contributed by atoms with van der Waals surface area (Å²) in [5.41, 5.74) is 2.56. The molecule has 2 N–H and O–H groups in total. The third-order valence-corrected chi connectivity index (χ3v) is 5.47. The molecule has 0 aliphatic rings. The van der Waals surface area contributed by atoms with Crippen molar-refractivity contribution in [1.82, 2.24) is 15.3 Å². The van der Waals surface area contributed by atoms with Crippen LogP contribution >= 0.6 is 11.3 Å². The number of carboxylic acid groups (broad SMARTS) is 1. The van der Waals surface area contributed by atoms with E-state index < -0.39 is 17.7 Å². The Labute approximate surface area is 192 Å². The van der Waals surface area contributed by atoms with E-state index >= 15 is 0 Å². The monoisotopic (exact) mass is 463 g/mol. The molecule has 2 heterocycles. The molecule has 166 valence electrons. The van der Waals surface area contributed by atoms with Gasteiger partial charge in [-0.2, -0.15) is 0 Å². The Morgan fingerprint density at radius 1 is 1.12 bits per heavy atom. The lowest BCUT2D eigenvalue weighted by Crippen LogP contribution is -2.23. The number of hydrogen-bond donors (Lipinski definition) is 2. The molecule has 33 heavy (non-hydrogen) atoms.